The zero-order chi connectivity index (χ0) is 11.6. The third-order valence-corrected chi connectivity index (χ3v) is 4.00. The summed E-state index contributed by atoms with van der Waals surface area (Å²) in [7, 11) is 0. The van der Waals surface area contributed by atoms with Crippen LogP contribution in [0.1, 0.15) is 56.9 Å². The van der Waals surface area contributed by atoms with Crippen LogP contribution in [0, 0.1) is 5.92 Å². The van der Waals surface area contributed by atoms with E-state index in [9.17, 15) is 5.11 Å². The highest BCUT2D eigenvalue weighted by molar-refractivity contribution is 7.12. The highest BCUT2D eigenvalue weighted by Crippen LogP contribution is 2.34. The van der Waals surface area contributed by atoms with Crippen LogP contribution in [0.3, 0.4) is 0 Å². The lowest BCUT2D eigenvalue weighted by molar-refractivity contribution is 0.154. The minimum absolute atomic E-state index is 0.195. The summed E-state index contributed by atoms with van der Waals surface area (Å²) in [5, 5.41) is 9.98. The van der Waals surface area contributed by atoms with Crippen molar-refractivity contribution in [3.05, 3.63) is 21.9 Å². The SMILES string of the molecule is CC(C)CC(O)c1ccc(C(C)(C)C)s1. The molecule has 15 heavy (non-hydrogen) atoms. The van der Waals surface area contributed by atoms with Gasteiger partial charge in [0.2, 0.25) is 0 Å². The molecule has 2 heteroatoms. The highest BCUT2D eigenvalue weighted by atomic mass is 32.1. The minimum Gasteiger partial charge on any atom is -0.388 e. The van der Waals surface area contributed by atoms with E-state index in [4.69, 9.17) is 0 Å². The zero-order valence-corrected chi connectivity index (χ0v) is 11.2. The van der Waals surface area contributed by atoms with Gasteiger partial charge in [-0.2, -0.15) is 0 Å². The molecule has 0 amide bonds. The van der Waals surface area contributed by atoms with Crippen LogP contribution in [0.25, 0.3) is 0 Å². The molecule has 1 aromatic heterocycles. The summed E-state index contributed by atoms with van der Waals surface area (Å²) in [5.74, 6) is 0.542. The average Bonchev–Trinajstić information content (AvgIpc) is 2.48. The number of aliphatic hydroxyl groups excluding tert-OH is 1. The van der Waals surface area contributed by atoms with Crippen LogP contribution in [-0.2, 0) is 5.41 Å². The van der Waals surface area contributed by atoms with Crippen LogP contribution >= 0.6 is 11.3 Å². The molecule has 0 saturated carbocycles. The van der Waals surface area contributed by atoms with Crippen molar-refractivity contribution < 1.29 is 5.11 Å². The van der Waals surface area contributed by atoms with Gasteiger partial charge in [-0.1, -0.05) is 34.6 Å². The molecule has 1 atom stereocenters. The summed E-state index contributed by atoms with van der Waals surface area (Å²) < 4.78 is 0. The van der Waals surface area contributed by atoms with Gasteiger partial charge in [-0.05, 0) is 29.9 Å². The van der Waals surface area contributed by atoms with E-state index < -0.39 is 0 Å². The summed E-state index contributed by atoms with van der Waals surface area (Å²) in [6.45, 7) is 10.9. The van der Waals surface area contributed by atoms with Crippen molar-refractivity contribution in [2.75, 3.05) is 0 Å². The van der Waals surface area contributed by atoms with Crippen LogP contribution in [0.15, 0.2) is 12.1 Å². The molecule has 1 rings (SSSR count). The van der Waals surface area contributed by atoms with E-state index in [2.05, 4.69) is 46.8 Å². The quantitative estimate of drug-likeness (QED) is 0.822. The normalized spacial score (nSPS) is 14.6. The Balaban J connectivity index is 2.76. The number of thiophene rings is 1. The first-order valence-corrected chi connectivity index (χ1v) is 6.40. The summed E-state index contributed by atoms with van der Waals surface area (Å²) in [6.07, 6.45) is 0.565. The second-order valence-electron chi connectivity index (χ2n) is 5.60. The van der Waals surface area contributed by atoms with Crippen molar-refractivity contribution in [2.24, 2.45) is 5.92 Å². The van der Waals surface area contributed by atoms with Gasteiger partial charge >= 0.3 is 0 Å². The highest BCUT2D eigenvalue weighted by Gasteiger charge is 2.19. The molecule has 0 saturated heterocycles. The Labute approximate surface area is 97.2 Å². The molecule has 0 aliphatic carbocycles. The number of hydrogen-bond acceptors (Lipinski definition) is 2. The molecule has 0 bridgehead atoms. The number of rotatable bonds is 3. The van der Waals surface area contributed by atoms with Crippen molar-refractivity contribution in [1.29, 1.82) is 0 Å². The van der Waals surface area contributed by atoms with Crippen molar-refractivity contribution >= 4 is 11.3 Å². The predicted octanol–water partition coefficient (Wildman–Crippen LogP) is 4.13. The van der Waals surface area contributed by atoms with Crippen molar-refractivity contribution in [1.82, 2.24) is 0 Å². The van der Waals surface area contributed by atoms with Crippen LogP contribution < -0.4 is 0 Å². The second-order valence-corrected chi connectivity index (χ2v) is 6.71. The molecule has 1 aromatic rings. The maximum absolute atomic E-state index is 9.98. The molecule has 1 nitrogen and oxygen atoms in total. The first-order chi connectivity index (χ1) is 6.80. The van der Waals surface area contributed by atoms with Gasteiger partial charge in [0.1, 0.15) is 0 Å². The maximum Gasteiger partial charge on any atom is 0.0884 e. The Morgan fingerprint density at radius 2 is 1.87 bits per heavy atom. The first kappa shape index (κ1) is 12.7. The monoisotopic (exact) mass is 226 g/mol. The standard InChI is InChI=1S/C13H22OS/c1-9(2)8-10(14)11-6-7-12(15-11)13(3,4)5/h6-7,9-10,14H,8H2,1-5H3. The van der Waals surface area contributed by atoms with Crippen LogP contribution in [0.4, 0.5) is 0 Å². The molecule has 0 radical (unpaired) electrons. The molecule has 1 heterocycles. The molecular weight excluding hydrogens is 204 g/mol. The molecule has 0 aromatic carbocycles. The molecule has 0 spiro atoms. The van der Waals surface area contributed by atoms with Crippen molar-refractivity contribution in [3.63, 3.8) is 0 Å². The molecule has 86 valence electrons. The summed E-state index contributed by atoms with van der Waals surface area (Å²) in [4.78, 5) is 2.45. The lowest BCUT2D eigenvalue weighted by atomic mass is 9.95. The summed E-state index contributed by atoms with van der Waals surface area (Å²) in [6, 6.07) is 4.21. The fourth-order valence-electron chi connectivity index (χ4n) is 1.50. The third kappa shape index (κ3) is 3.62. The molecule has 1 unspecified atom stereocenters. The fourth-order valence-corrected chi connectivity index (χ4v) is 2.56. The van der Waals surface area contributed by atoms with Gasteiger partial charge in [-0.3, -0.25) is 0 Å². The molecule has 0 fully saturated rings. The van der Waals surface area contributed by atoms with E-state index in [-0.39, 0.29) is 11.5 Å². The van der Waals surface area contributed by atoms with Gasteiger partial charge in [0, 0.05) is 9.75 Å². The number of aliphatic hydroxyl groups is 1. The van der Waals surface area contributed by atoms with E-state index >= 15 is 0 Å². The minimum atomic E-state index is -0.286. The van der Waals surface area contributed by atoms with Crippen molar-refractivity contribution in [3.8, 4) is 0 Å². The van der Waals surface area contributed by atoms with Gasteiger partial charge in [-0.15, -0.1) is 11.3 Å². The number of hydrogen-bond donors (Lipinski definition) is 1. The van der Waals surface area contributed by atoms with Gasteiger partial charge in [-0.25, -0.2) is 0 Å². The first-order valence-electron chi connectivity index (χ1n) is 5.59. The summed E-state index contributed by atoms with van der Waals surface area (Å²) in [5.41, 5.74) is 0.195. The Morgan fingerprint density at radius 1 is 1.27 bits per heavy atom. The Bertz CT molecular complexity index is 307. The van der Waals surface area contributed by atoms with E-state index in [0.717, 1.165) is 11.3 Å². The van der Waals surface area contributed by atoms with Gasteiger partial charge in [0.05, 0.1) is 6.10 Å². The molecule has 1 N–H and O–H groups in total. The lowest BCUT2D eigenvalue weighted by Crippen LogP contribution is -2.07. The van der Waals surface area contributed by atoms with E-state index in [1.165, 1.54) is 4.88 Å². The Kier molecular flexibility index (Phi) is 3.96. The molecule has 0 aliphatic heterocycles. The van der Waals surface area contributed by atoms with E-state index in [0.29, 0.717) is 5.92 Å². The zero-order valence-electron chi connectivity index (χ0n) is 10.4. The second kappa shape index (κ2) is 4.67. The van der Waals surface area contributed by atoms with E-state index in [1.807, 2.05) is 0 Å². The topological polar surface area (TPSA) is 20.2 Å². The lowest BCUT2D eigenvalue weighted by Gasteiger charge is -2.16. The van der Waals surface area contributed by atoms with Gasteiger partial charge < -0.3 is 5.11 Å². The maximum atomic E-state index is 9.98. The third-order valence-electron chi connectivity index (χ3n) is 2.39. The summed E-state index contributed by atoms with van der Waals surface area (Å²) >= 11 is 1.74. The average molecular weight is 226 g/mol. The Morgan fingerprint density at radius 3 is 2.27 bits per heavy atom. The predicted molar refractivity (Wildman–Crippen MR) is 67.4 cm³/mol. The Hall–Kier alpha value is -0.340. The van der Waals surface area contributed by atoms with Crippen LogP contribution in [-0.4, -0.2) is 5.11 Å². The van der Waals surface area contributed by atoms with Crippen LogP contribution in [0.5, 0.6) is 0 Å². The fraction of sp³-hybridized carbons (Fsp3) is 0.692. The smallest absolute Gasteiger partial charge is 0.0884 e. The molecular formula is C13H22OS. The largest absolute Gasteiger partial charge is 0.388 e. The van der Waals surface area contributed by atoms with E-state index in [1.54, 1.807) is 11.3 Å². The molecule has 0 aliphatic rings. The van der Waals surface area contributed by atoms with Crippen LogP contribution in [0.2, 0.25) is 0 Å². The van der Waals surface area contributed by atoms with Gasteiger partial charge in [0.25, 0.3) is 0 Å². The van der Waals surface area contributed by atoms with Gasteiger partial charge in [0.15, 0.2) is 0 Å². The van der Waals surface area contributed by atoms with Crippen molar-refractivity contribution in [2.45, 2.75) is 52.6 Å².